The average molecular weight is 272 g/mol. The van der Waals surface area contributed by atoms with Crippen LogP contribution in [0.1, 0.15) is 13.3 Å². The van der Waals surface area contributed by atoms with E-state index < -0.39 is 5.91 Å². The van der Waals surface area contributed by atoms with Crippen molar-refractivity contribution in [1.29, 1.82) is 0 Å². The third-order valence-corrected chi connectivity index (χ3v) is 2.03. The monoisotopic (exact) mass is 272 g/mol. The molecule has 0 aliphatic carbocycles. The van der Waals surface area contributed by atoms with Gasteiger partial charge in [0.05, 0.1) is 19.6 Å². The van der Waals surface area contributed by atoms with Crippen LogP contribution in [0.5, 0.6) is 0 Å². The highest BCUT2D eigenvalue weighted by Crippen LogP contribution is 1.78. The SMILES string of the molecule is CNCC(=O)NCC(=O)NCC(=O)NCCC(C)=O. The highest BCUT2D eigenvalue weighted by Gasteiger charge is 2.07. The van der Waals surface area contributed by atoms with E-state index in [1.54, 1.807) is 7.05 Å². The minimum absolute atomic E-state index is 0.0171. The molecule has 0 aliphatic rings. The molecular formula is C11H20N4O4. The average Bonchev–Trinajstić information content (AvgIpc) is 2.33. The van der Waals surface area contributed by atoms with E-state index in [0.29, 0.717) is 0 Å². The van der Waals surface area contributed by atoms with Crippen molar-refractivity contribution in [3.63, 3.8) is 0 Å². The van der Waals surface area contributed by atoms with Crippen molar-refractivity contribution in [1.82, 2.24) is 21.3 Å². The van der Waals surface area contributed by atoms with Crippen LogP contribution in [0.3, 0.4) is 0 Å². The maximum absolute atomic E-state index is 11.3. The minimum Gasteiger partial charge on any atom is -0.354 e. The van der Waals surface area contributed by atoms with E-state index in [4.69, 9.17) is 0 Å². The zero-order valence-corrected chi connectivity index (χ0v) is 11.2. The molecule has 0 aromatic carbocycles. The molecule has 8 heteroatoms. The van der Waals surface area contributed by atoms with Gasteiger partial charge in [0.15, 0.2) is 0 Å². The lowest BCUT2D eigenvalue weighted by Crippen LogP contribution is -2.43. The van der Waals surface area contributed by atoms with E-state index in [2.05, 4.69) is 21.3 Å². The Labute approximate surface area is 111 Å². The number of nitrogens with one attached hydrogen (secondary N) is 4. The second kappa shape index (κ2) is 10.0. The third kappa shape index (κ3) is 10.9. The molecule has 0 bridgehead atoms. The highest BCUT2D eigenvalue weighted by molar-refractivity contribution is 5.88. The second-order valence-corrected chi connectivity index (χ2v) is 3.89. The maximum atomic E-state index is 11.3. The van der Waals surface area contributed by atoms with Crippen LogP contribution in [0.2, 0.25) is 0 Å². The molecule has 4 N–H and O–H groups in total. The number of Topliss-reactive ketones (excluding diaryl/α,β-unsaturated/α-hetero) is 1. The third-order valence-electron chi connectivity index (χ3n) is 2.03. The molecule has 0 unspecified atom stereocenters. The standard InChI is InChI=1S/C11H20N4O4/c1-8(16)3-4-13-10(18)6-15-11(19)7-14-9(17)5-12-2/h12H,3-7H2,1-2H3,(H,13,18)(H,14,17)(H,15,19). The fourth-order valence-corrected chi connectivity index (χ4v) is 1.08. The van der Waals surface area contributed by atoms with Crippen LogP contribution < -0.4 is 21.3 Å². The molecule has 0 aliphatic heterocycles. The van der Waals surface area contributed by atoms with Crippen LogP contribution in [-0.4, -0.2) is 56.7 Å². The molecule has 0 radical (unpaired) electrons. The van der Waals surface area contributed by atoms with Gasteiger partial charge < -0.3 is 21.3 Å². The topological polar surface area (TPSA) is 116 Å². The number of carbonyl (C=O) groups is 4. The van der Waals surface area contributed by atoms with E-state index in [0.717, 1.165) is 0 Å². The Morgan fingerprint density at radius 1 is 0.789 bits per heavy atom. The van der Waals surface area contributed by atoms with Gasteiger partial charge in [-0.1, -0.05) is 0 Å². The Morgan fingerprint density at radius 2 is 1.26 bits per heavy atom. The van der Waals surface area contributed by atoms with Gasteiger partial charge in [0.2, 0.25) is 17.7 Å². The zero-order valence-electron chi connectivity index (χ0n) is 11.2. The molecule has 0 heterocycles. The summed E-state index contributed by atoms with van der Waals surface area (Å²) in [5.41, 5.74) is 0. The Balaban J connectivity index is 3.63. The molecule has 19 heavy (non-hydrogen) atoms. The molecule has 0 spiro atoms. The van der Waals surface area contributed by atoms with E-state index in [1.807, 2.05) is 0 Å². The summed E-state index contributed by atoms with van der Waals surface area (Å²) in [6.45, 7) is 1.45. The van der Waals surface area contributed by atoms with Crippen LogP contribution in [0.4, 0.5) is 0 Å². The smallest absolute Gasteiger partial charge is 0.239 e. The predicted molar refractivity (Wildman–Crippen MR) is 68.3 cm³/mol. The summed E-state index contributed by atoms with van der Waals surface area (Å²) in [5.74, 6) is -1.15. The van der Waals surface area contributed by atoms with Gasteiger partial charge >= 0.3 is 0 Å². The van der Waals surface area contributed by atoms with E-state index in [-0.39, 0.29) is 50.2 Å². The summed E-state index contributed by atoms with van der Waals surface area (Å²) < 4.78 is 0. The summed E-state index contributed by atoms with van der Waals surface area (Å²) in [6.07, 6.45) is 0.264. The van der Waals surface area contributed by atoms with Crippen molar-refractivity contribution in [3.05, 3.63) is 0 Å². The van der Waals surface area contributed by atoms with Crippen LogP contribution in [0, 0.1) is 0 Å². The minimum atomic E-state index is -0.453. The molecule has 0 aromatic rings. The van der Waals surface area contributed by atoms with Crippen molar-refractivity contribution in [2.75, 3.05) is 33.2 Å². The molecule has 3 amide bonds. The number of hydrogen-bond donors (Lipinski definition) is 4. The predicted octanol–water partition coefficient (Wildman–Crippen LogP) is -2.47. The van der Waals surface area contributed by atoms with Gasteiger partial charge in [-0.15, -0.1) is 0 Å². The summed E-state index contributed by atoms with van der Waals surface area (Å²) in [7, 11) is 1.62. The van der Waals surface area contributed by atoms with Gasteiger partial charge in [-0.2, -0.15) is 0 Å². The first-order valence-corrected chi connectivity index (χ1v) is 5.89. The lowest BCUT2D eigenvalue weighted by atomic mass is 10.3. The van der Waals surface area contributed by atoms with Crippen LogP contribution in [0.15, 0.2) is 0 Å². The number of rotatable bonds is 9. The molecule has 0 fully saturated rings. The van der Waals surface area contributed by atoms with Gasteiger partial charge in [0.25, 0.3) is 0 Å². The van der Waals surface area contributed by atoms with Crippen molar-refractivity contribution in [2.45, 2.75) is 13.3 Å². The number of hydrogen-bond acceptors (Lipinski definition) is 5. The molecule has 0 atom stereocenters. The van der Waals surface area contributed by atoms with Crippen molar-refractivity contribution < 1.29 is 19.2 Å². The normalized spacial score (nSPS) is 9.58. The summed E-state index contributed by atoms with van der Waals surface area (Å²) in [6, 6.07) is 0. The van der Waals surface area contributed by atoms with Crippen molar-refractivity contribution in [2.24, 2.45) is 0 Å². The Hall–Kier alpha value is -1.96. The molecule has 108 valence electrons. The molecule has 8 nitrogen and oxygen atoms in total. The van der Waals surface area contributed by atoms with Gasteiger partial charge in [0.1, 0.15) is 5.78 Å². The quantitative estimate of drug-likeness (QED) is 0.371. The van der Waals surface area contributed by atoms with Gasteiger partial charge in [-0.05, 0) is 14.0 Å². The molecule has 0 saturated carbocycles. The summed E-state index contributed by atoms with van der Waals surface area (Å²) in [5, 5.41) is 9.84. The number of amides is 3. The molecule has 0 aromatic heterocycles. The molecule has 0 saturated heterocycles. The summed E-state index contributed by atoms with van der Waals surface area (Å²) >= 11 is 0. The fourth-order valence-electron chi connectivity index (χ4n) is 1.08. The molecule has 0 rings (SSSR count). The van der Waals surface area contributed by atoms with E-state index in [9.17, 15) is 19.2 Å². The Kier molecular flexibility index (Phi) is 8.98. The van der Waals surface area contributed by atoms with Crippen molar-refractivity contribution in [3.8, 4) is 0 Å². The Morgan fingerprint density at radius 3 is 1.74 bits per heavy atom. The first kappa shape index (κ1) is 17.0. The van der Waals surface area contributed by atoms with Crippen LogP contribution in [0.25, 0.3) is 0 Å². The zero-order chi connectivity index (χ0) is 14.7. The second-order valence-electron chi connectivity index (χ2n) is 3.89. The maximum Gasteiger partial charge on any atom is 0.239 e. The van der Waals surface area contributed by atoms with Crippen LogP contribution in [-0.2, 0) is 19.2 Å². The summed E-state index contributed by atoms with van der Waals surface area (Å²) in [4.78, 5) is 44.1. The van der Waals surface area contributed by atoms with E-state index in [1.165, 1.54) is 6.92 Å². The van der Waals surface area contributed by atoms with Gasteiger partial charge in [-0.25, -0.2) is 0 Å². The number of ketones is 1. The lowest BCUT2D eigenvalue weighted by molar-refractivity contribution is -0.127. The van der Waals surface area contributed by atoms with Gasteiger partial charge in [0, 0.05) is 13.0 Å². The van der Waals surface area contributed by atoms with E-state index >= 15 is 0 Å². The van der Waals surface area contributed by atoms with Gasteiger partial charge in [-0.3, -0.25) is 19.2 Å². The number of likely N-dealkylation sites (N-methyl/N-ethyl adjacent to an activating group) is 1. The van der Waals surface area contributed by atoms with Crippen LogP contribution >= 0.6 is 0 Å². The highest BCUT2D eigenvalue weighted by atomic mass is 16.2. The first-order chi connectivity index (χ1) is 8.95. The Bertz CT molecular complexity index is 344. The first-order valence-electron chi connectivity index (χ1n) is 5.89. The fraction of sp³-hybridized carbons (Fsp3) is 0.636. The lowest BCUT2D eigenvalue weighted by Gasteiger charge is -2.07. The van der Waals surface area contributed by atoms with Crippen molar-refractivity contribution >= 4 is 23.5 Å². The molecular weight excluding hydrogens is 252 g/mol. The number of carbonyl (C=O) groups excluding carboxylic acids is 4. The largest absolute Gasteiger partial charge is 0.354 e.